The van der Waals surface area contributed by atoms with Crippen molar-refractivity contribution in [2.45, 2.75) is 30.2 Å². The lowest BCUT2D eigenvalue weighted by atomic mass is 9.96. The standard InChI is InChI=1S/C14H18FNO2S/c1-14(8-17,10-4-5-10)16-13(18)9-3-6-11(15)12(7-9)19-2/h3,6-7,10,17H,4-5,8H2,1-2H3,(H,16,18). The van der Waals surface area contributed by atoms with Crippen LogP contribution in [0.3, 0.4) is 0 Å². The molecule has 5 heteroatoms. The fourth-order valence-corrected chi connectivity index (χ4v) is 2.63. The Kier molecular flexibility index (Phi) is 4.16. The van der Waals surface area contributed by atoms with Crippen LogP contribution in [0.2, 0.25) is 0 Å². The lowest BCUT2D eigenvalue weighted by Crippen LogP contribution is -2.50. The zero-order chi connectivity index (χ0) is 14.0. The van der Waals surface area contributed by atoms with Crippen LogP contribution in [-0.2, 0) is 0 Å². The van der Waals surface area contributed by atoms with E-state index >= 15 is 0 Å². The van der Waals surface area contributed by atoms with Crippen LogP contribution < -0.4 is 5.32 Å². The Morgan fingerprint density at radius 2 is 2.26 bits per heavy atom. The van der Waals surface area contributed by atoms with Crippen molar-refractivity contribution in [3.8, 4) is 0 Å². The van der Waals surface area contributed by atoms with Gasteiger partial charge in [0.05, 0.1) is 12.1 Å². The second-order valence-corrected chi connectivity index (χ2v) is 6.00. The van der Waals surface area contributed by atoms with Gasteiger partial charge in [0.1, 0.15) is 5.82 Å². The van der Waals surface area contributed by atoms with Gasteiger partial charge in [-0.25, -0.2) is 4.39 Å². The third-order valence-electron chi connectivity index (χ3n) is 3.62. The molecule has 1 saturated carbocycles. The van der Waals surface area contributed by atoms with Crippen molar-refractivity contribution in [2.24, 2.45) is 5.92 Å². The minimum absolute atomic E-state index is 0.0833. The quantitative estimate of drug-likeness (QED) is 0.816. The maximum atomic E-state index is 13.4. The summed E-state index contributed by atoms with van der Waals surface area (Å²) in [4.78, 5) is 12.6. The molecule has 0 heterocycles. The zero-order valence-electron chi connectivity index (χ0n) is 11.1. The van der Waals surface area contributed by atoms with Gasteiger partial charge in [-0.15, -0.1) is 11.8 Å². The molecule has 1 aliphatic carbocycles. The first-order valence-corrected chi connectivity index (χ1v) is 7.49. The Balaban J connectivity index is 2.15. The van der Waals surface area contributed by atoms with Crippen molar-refractivity contribution < 1.29 is 14.3 Å². The monoisotopic (exact) mass is 283 g/mol. The smallest absolute Gasteiger partial charge is 0.251 e. The summed E-state index contributed by atoms with van der Waals surface area (Å²) in [6.45, 7) is 1.77. The summed E-state index contributed by atoms with van der Waals surface area (Å²) in [7, 11) is 0. The first-order chi connectivity index (χ1) is 9.00. The molecule has 1 aromatic carbocycles. The van der Waals surface area contributed by atoms with Gasteiger partial charge in [-0.1, -0.05) is 0 Å². The average Bonchev–Trinajstić information content (AvgIpc) is 3.23. The molecule has 104 valence electrons. The molecule has 19 heavy (non-hydrogen) atoms. The van der Waals surface area contributed by atoms with Crippen LogP contribution in [-0.4, -0.2) is 29.4 Å². The van der Waals surface area contributed by atoms with Gasteiger partial charge >= 0.3 is 0 Å². The van der Waals surface area contributed by atoms with Crippen LogP contribution in [0.4, 0.5) is 4.39 Å². The SMILES string of the molecule is CSc1cc(C(=O)NC(C)(CO)C2CC2)ccc1F. The van der Waals surface area contributed by atoms with E-state index in [1.807, 2.05) is 6.92 Å². The summed E-state index contributed by atoms with van der Waals surface area (Å²) < 4.78 is 13.4. The summed E-state index contributed by atoms with van der Waals surface area (Å²) in [5, 5.41) is 12.3. The highest BCUT2D eigenvalue weighted by atomic mass is 32.2. The summed E-state index contributed by atoms with van der Waals surface area (Å²) in [5.74, 6) is -0.253. The summed E-state index contributed by atoms with van der Waals surface area (Å²) in [5.41, 5.74) is -0.156. The highest BCUT2D eigenvalue weighted by Gasteiger charge is 2.42. The molecule has 0 saturated heterocycles. The number of aliphatic hydroxyl groups is 1. The van der Waals surface area contributed by atoms with Gasteiger partial charge in [-0.05, 0) is 50.1 Å². The van der Waals surface area contributed by atoms with Crippen molar-refractivity contribution in [2.75, 3.05) is 12.9 Å². The van der Waals surface area contributed by atoms with Gasteiger partial charge in [-0.2, -0.15) is 0 Å². The van der Waals surface area contributed by atoms with E-state index < -0.39 is 5.54 Å². The predicted molar refractivity (Wildman–Crippen MR) is 73.9 cm³/mol. The lowest BCUT2D eigenvalue weighted by Gasteiger charge is -2.28. The second-order valence-electron chi connectivity index (χ2n) is 5.15. The maximum Gasteiger partial charge on any atom is 0.251 e. The lowest BCUT2D eigenvalue weighted by molar-refractivity contribution is 0.0824. The Hall–Kier alpha value is -1.07. The third kappa shape index (κ3) is 3.09. The van der Waals surface area contributed by atoms with Crippen LogP contribution in [0.1, 0.15) is 30.1 Å². The van der Waals surface area contributed by atoms with Gasteiger partial charge in [0.15, 0.2) is 0 Å². The molecule has 1 fully saturated rings. The summed E-state index contributed by atoms with van der Waals surface area (Å²) >= 11 is 1.26. The van der Waals surface area contributed by atoms with E-state index in [1.165, 1.54) is 23.9 Å². The average molecular weight is 283 g/mol. The van der Waals surface area contributed by atoms with Crippen molar-refractivity contribution >= 4 is 17.7 Å². The largest absolute Gasteiger partial charge is 0.394 e. The molecule has 1 atom stereocenters. The molecule has 1 aromatic rings. The molecule has 0 spiro atoms. The van der Waals surface area contributed by atoms with Gasteiger partial charge < -0.3 is 10.4 Å². The van der Waals surface area contributed by atoms with Crippen LogP contribution in [0.15, 0.2) is 23.1 Å². The van der Waals surface area contributed by atoms with E-state index in [4.69, 9.17) is 0 Å². The summed E-state index contributed by atoms with van der Waals surface area (Å²) in [6, 6.07) is 4.31. The second kappa shape index (κ2) is 5.51. The molecule has 2 N–H and O–H groups in total. The summed E-state index contributed by atoms with van der Waals surface area (Å²) in [6.07, 6.45) is 3.82. The van der Waals surface area contributed by atoms with Gasteiger partial charge in [0.2, 0.25) is 0 Å². The number of amides is 1. The third-order valence-corrected chi connectivity index (χ3v) is 4.37. The van der Waals surface area contributed by atoms with Crippen molar-refractivity contribution in [1.82, 2.24) is 5.32 Å². The predicted octanol–water partition coefficient (Wildman–Crippen LogP) is 2.44. The number of thioether (sulfide) groups is 1. The number of hydrogen-bond acceptors (Lipinski definition) is 3. The molecule has 0 radical (unpaired) electrons. The van der Waals surface area contributed by atoms with E-state index in [0.29, 0.717) is 16.4 Å². The number of nitrogens with one attached hydrogen (secondary N) is 1. The first kappa shape index (κ1) is 14.3. The Morgan fingerprint density at radius 1 is 1.58 bits per heavy atom. The Morgan fingerprint density at radius 3 is 2.79 bits per heavy atom. The van der Waals surface area contributed by atoms with Gasteiger partial charge in [-0.3, -0.25) is 4.79 Å². The molecular formula is C14H18FNO2S. The van der Waals surface area contributed by atoms with E-state index in [9.17, 15) is 14.3 Å². The van der Waals surface area contributed by atoms with Crippen LogP contribution >= 0.6 is 11.8 Å². The van der Waals surface area contributed by atoms with E-state index in [1.54, 1.807) is 12.3 Å². The molecule has 3 nitrogen and oxygen atoms in total. The number of rotatable bonds is 5. The highest BCUT2D eigenvalue weighted by molar-refractivity contribution is 7.98. The fourth-order valence-electron chi connectivity index (χ4n) is 2.12. The molecule has 2 rings (SSSR count). The number of benzene rings is 1. The van der Waals surface area contributed by atoms with Gasteiger partial charge in [0, 0.05) is 10.5 Å². The normalized spacial score (nSPS) is 17.9. The number of halogens is 1. The van der Waals surface area contributed by atoms with Crippen LogP contribution in [0.5, 0.6) is 0 Å². The maximum absolute atomic E-state index is 13.4. The van der Waals surface area contributed by atoms with Crippen LogP contribution in [0.25, 0.3) is 0 Å². The topological polar surface area (TPSA) is 49.3 Å². The molecule has 1 aliphatic rings. The molecular weight excluding hydrogens is 265 g/mol. The van der Waals surface area contributed by atoms with Crippen molar-refractivity contribution in [3.05, 3.63) is 29.6 Å². The number of carbonyl (C=O) groups is 1. The van der Waals surface area contributed by atoms with Crippen LogP contribution in [0, 0.1) is 11.7 Å². The van der Waals surface area contributed by atoms with E-state index in [0.717, 1.165) is 12.8 Å². The van der Waals surface area contributed by atoms with Crippen molar-refractivity contribution in [3.63, 3.8) is 0 Å². The molecule has 0 aliphatic heterocycles. The molecule has 0 aromatic heterocycles. The Bertz CT molecular complexity index is 490. The number of carbonyl (C=O) groups excluding carboxylic acids is 1. The van der Waals surface area contributed by atoms with E-state index in [-0.39, 0.29) is 18.3 Å². The minimum Gasteiger partial charge on any atom is -0.394 e. The minimum atomic E-state index is -0.578. The number of aliphatic hydroxyl groups excluding tert-OH is 1. The molecule has 1 unspecified atom stereocenters. The molecule has 1 amide bonds. The Labute approximate surface area is 116 Å². The zero-order valence-corrected chi connectivity index (χ0v) is 11.9. The highest BCUT2D eigenvalue weighted by Crippen LogP contribution is 2.39. The van der Waals surface area contributed by atoms with E-state index in [2.05, 4.69) is 5.32 Å². The number of hydrogen-bond donors (Lipinski definition) is 2. The van der Waals surface area contributed by atoms with Gasteiger partial charge in [0.25, 0.3) is 5.91 Å². The fraction of sp³-hybridized carbons (Fsp3) is 0.500. The van der Waals surface area contributed by atoms with Crippen molar-refractivity contribution in [1.29, 1.82) is 0 Å². The first-order valence-electron chi connectivity index (χ1n) is 6.27. The molecule has 0 bridgehead atoms.